The number of aliphatic hydroxyl groups is 2. The molecule has 0 aromatic carbocycles. The molecule has 0 radical (unpaired) electrons. The lowest BCUT2D eigenvalue weighted by Gasteiger charge is -2.24. The Morgan fingerprint density at radius 1 is 1.17 bits per heavy atom. The predicted molar refractivity (Wildman–Crippen MR) is 119 cm³/mol. The summed E-state index contributed by atoms with van der Waals surface area (Å²) in [5.41, 5.74) is 1.06. The van der Waals surface area contributed by atoms with Gasteiger partial charge in [0.1, 0.15) is 6.10 Å². The normalized spacial score (nSPS) is 14.8. The molecule has 3 atom stereocenters. The van der Waals surface area contributed by atoms with Crippen LogP contribution in [0.4, 0.5) is 0 Å². The molecule has 0 aliphatic heterocycles. The van der Waals surface area contributed by atoms with Crippen LogP contribution in [0.3, 0.4) is 0 Å². The Labute approximate surface area is 176 Å². The molecule has 160 valence electrons. The molecule has 0 bridgehead atoms. The minimum absolute atomic E-state index is 0.00647. The summed E-state index contributed by atoms with van der Waals surface area (Å²) in [4.78, 5) is 12.6. The molecule has 29 heavy (non-hydrogen) atoms. The Kier molecular flexibility index (Phi) is 15.4. The molecule has 0 aromatic heterocycles. The molecule has 0 heterocycles. The van der Waals surface area contributed by atoms with Crippen LogP contribution in [-0.2, 0) is 9.53 Å². The maximum Gasteiger partial charge on any atom is 0.311 e. The summed E-state index contributed by atoms with van der Waals surface area (Å²) in [6, 6.07) is 0. The Morgan fingerprint density at radius 2 is 1.83 bits per heavy atom. The van der Waals surface area contributed by atoms with Gasteiger partial charge in [-0.25, -0.2) is 0 Å². The van der Waals surface area contributed by atoms with Crippen molar-refractivity contribution in [1.29, 1.82) is 0 Å². The minimum Gasteiger partial charge on any atom is -0.462 e. The monoisotopic (exact) mass is 400 g/mol. The first-order valence-corrected chi connectivity index (χ1v) is 10.2. The Balaban J connectivity index is 5.11. The van der Waals surface area contributed by atoms with Crippen LogP contribution >= 0.6 is 0 Å². The second-order valence-corrected chi connectivity index (χ2v) is 7.22. The third-order valence-corrected chi connectivity index (χ3v) is 4.89. The second-order valence-electron chi connectivity index (χ2n) is 7.22. The maximum absolute atomic E-state index is 12.6. The summed E-state index contributed by atoms with van der Waals surface area (Å²) in [5.74, 6) is 4.10. The lowest BCUT2D eigenvalue weighted by atomic mass is 9.93. The lowest BCUT2D eigenvalue weighted by molar-refractivity contribution is -0.154. The summed E-state index contributed by atoms with van der Waals surface area (Å²) < 4.78 is 5.77. The highest BCUT2D eigenvalue weighted by molar-refractivity contribution is 5.73. The fraction of sp³-hybridized carbons (Fsp3) is 0.560. The van der Waals surface area contributed by atoms with E-state index in [0.29, 0.717) is 32.1 Å². The van der Waals surface area contributed by atoms with E-state index in [9.17, 15) is 9.90 Å². The van der Waals surface area contributed by atoms with Crippen LogP contribution in [-0.4, -0.2) is 35.0 Å². The van der Waals surface area contributed by atoms with Gasteiger partial charge in [-0.1, -0.05) is 37.8 Å². The number of carbonyl (C=O) groups excluding carboxylic acids is 1. The van der Waals surface area contributed by atoms with Crippen molar-refractivity contribution >= 4 is 5.97 Å². The van der Waals surface area contributed by atoms with Crippen LogP contribution in [0.1, 0.15) is 58.8 Å². The molecule has 0 rings (SSSR count). The van der Waals surface area contributed by atoms with E-state index in [4.69, 9.17) is 22.7 Å². The standard InChI is InChI=1S/C25H36O4/c1-6-10-13-21(9-4)15-17-23(16-14-20(5)24(27)18-19-26)29-25(28)22(11-7-2)12-8-3/h2-3,6,9-10,13,20,22-24,26-27H,4,11-12,14-19H2,1,5H3. The van der Waals surface area contributed by atoms with Gasteiger partial charge in [0.2, 0.25) is 0 Å². The van der Waals surface area contributed by atoms with E-state index in [1.807, 2.05) is 32.1 Å². The van der Waals surface area contributed by atoms with E-state index < -0.39 is 12.0 Å². The number of esters is 1. The molecule has 0 aromatic rings. The number of terminal acetylenes is 2. The van der Waals surface area contributed by atoms with Gasteiger partial charge in [-0.15, -0.1) is 24.7 Å². The summed E-state index contributed by atoms with van der Waals surface area (Å²) >= 11 is 0. The fourth-order valence-electron chi connectivity index (χ4n) is 2.90. The van der Waals surface area contributed by atoms with Gasteiger partial charge in [-0.05, 0) is 50.5 Å². The van der Waals surface area contributed by atoms with Crippen LogP contribution in [0.5, 0.6) is 0 Å². The first-order valence-electron chi connectivity index (χ1n) is 10.2. The van der Waals surface area contributed by atoms with Gasteiger partial charge in [0.05, 0.1) is 12.0 Å². The summed E-state index contributed by atoms with van der Waals surface area (Å²) in [5, 5.41) is 19.1. The van der Waals surface area contributed by atoms with Crippen molar-refractivity contribution < 1.29 is 19.7 Å². The van der Waals surface area contributed by atoms with Gasteiger partial charge in [0.15, 0.2) is 0 Å². The molecule has 4 nitrogen and oxygen atoms in total. The zero-order valence-electron chi connectivity index (χ0n) is 17.8. The molecule has 0 fully saturated rings. The van der Waals surface area contributed by atoms with Crippen molar-refractivity contribution in [2.45, 2.75) is 71.0 Å². The van der Waals surface area contributed by atoms with E-state index in [1.54, 1.807) is 6.08 Å². The quantitative estimate of drug-likeness (QED) is 0.246. The fourth-order valence-corrected chi connectivity index (χ4v) is 2.90. The summed E-state index contributed by atoms with van der Waals surface area (Å²) in [6.07, 6.45) is 21.0. The number of allylic oxidation sites excluding steroid dienone is 5. The SMILES string of the molecule is C#CCC(CC#C)C(=O)OC(CCC(C=C)=CC=CC)CCC(C)C(O)CCO. The van der Waals surface area contributed by atoms with E-state index in [1.165, 1.54) is 0 Å². The van der Waals surface area contributed by atoms with Gasteiger partial charge < -0.3 is 14.9 Å². The Morgan fingerprint density at radius 3 is 2.34 bits per heavy atom. The van der Waals surface area contributed by atoms with E-state index in [2.05, 4.69) is 18.4 Å². The molecule has 0 aliphatic carbocycles. The van der Waals surface area contributed by atoms with Gasteiger partial charge in [0.25, 0.3) is 0 Å². The Hall–Kier alpha value is -2.27. The van der Waals surface area contributed by atoms with E-state index in [-0.39, 0.29) is 37.4 Å². The maximum atomic E-state index is 12.6. The molecule has 0 amide bonds. The molecule has 0 saturated heterocycles. The molecule has 0 aliphatic rings. The summed E-state index contributed by atoms with van der Waals surface area (Å²) in [7, 11) is 0. The Bertz CT molecular complexity index is 602. The third kappa shape index (κ3) is 12.0. The first kappa shape index (κ1) is 26.7. The van der Waals surface area contributed by atoms with Gasteiger partial charge in [-0.3, -0.25) is 4.79 Å². The van der Waals surface area contributed by atoms with Crippen molar-refractivity contribution in [2.24, 2.45) is 11.8 Å². The molecule has 3 unspecified atom stereocenters. The molecule has 2 N–H and O–H groups in total. The van der Waals surface area contributed by atoms with Crippen molar-refractivity contribution in [3.05, 3.63) is 36.5 Å². The number of rotatable bonds is 15. The first-order chi connectivity index (χ1) is 13.9. The molecule has 4 heteroatoms. The lowest BCUT2D eigenvalue weighted by Crippen LogP contribution is -2.26. The highest BCUT2D eigenvalue weighted by atomic mass is 16.5. The molecule has 0 saturated carbocycles. The van der Waals surface area contributed by atoms with Crippen LogP contribution in [0.2, 0.25) is 0 Å². The van der Waals surface area contributed by atoms with Gasteiger partial charge in [-0.2, -0.15) is 0 Å². The molecular formula is C25H36O4. The highest BCUT2D eigenvalue weighted by Crippen LogP contribution is 2.22. The average molecular weight is 401 g/mol. The van der Waals surface area contributed by atoms with E-state index >= 15 is 0 Å². The van der Waals surface area contributed by atoms with Crippen LogP contribution < -0.4 is 0 Å². The van der Waals surface area contributed by atoms with Crippen LogP contribution in [0.25, 0.3) is 0 Å². The van der Waals surface area contributed by atoms with Crippen molar-refractivity contribution in [1.82, 2.24) is 0 Å². The zero-order valence-corrected chi connectivity index (χ0v) is 17.8. The van der Waals surface area contributed by atoms with Gasteiger partial charge in [0, 0.05) is 19.4 Å². The third-order valence-electron chi connectivity index (χ3n) is 4.89. The smallest absolute Gasteiger partial charge is 0.311 e. The topological polar surface area (TPSA) is 66.8 Å². The van der Waals surface area contributed by atoms with Crippen molar-refractivity contribution in [3.63, 3.8) is 0 Å². The second kappa shape index (κ2) is 16.7. The van der Waals surface area contributed by atoms with Crippen LogP contribution in [0, 0.1) is 36.5 Å². The predicted octanol–water partition coefficient (Wildman–Crippen LogP) is 4.19. The largest absolute Gasteiger partial charge is 0.462 e. The number of carbonyl (C=O) groups is 1. The summed E-state index contributed by atoms with van der Waals surface area (Å²) in [6.45, 7) is 7.66. The zero-order chi connectivity index (χ0) is 22.1. The van der Waals surface area contributed by atoms with Crippen molar-refractivity contribution in [3.8, 4) is 24.7 Å². The van der Waals surface area contributed by atoms with Crippen molar-refractivity contribution in [2.75, 3.05) is 6.61 Å². The van der Waals surface area contributed by atoms with E-state index in [0.717, 1.165) is 5.57 Å². The minimum atomic E-state index is -0.578. The highest BCUT2D eigenvalue weighted by Gasteiger charge is 2.24. The number of hydrogen-bond donors (Lipinski definition) is 2. The number of hydrogen-bond acceptors (Lipinski definition) is 4. The van der Waals surface area contributed by atoms with Gasteiger partial charge >= 0.3 is 5.97 Å². The van der Waals surface area contributed by atoms with Crippen LogP contribution in [0.15, 0.2) is 36.5 Å². The number of ether oxygens (including phenoxy) is 1. The molecular weight excluding hydrogens is 364 g/mol. The average Bonchev–Trinajstić information content (AvgIpc) is 2.71. The molecule has 0 spiro atoms. The number of aliphatic hydroxyl groups excluding tert-OH is 2.